The van der Waals surface area contributed by atoms with Crippen LogP contribution in [0.4, 0.5) is 0 Å². The lowest BCUT2D eigenvalue weighted by Crippen LogP contribution is -2.11. The maximum Gasteiger partial charge on any atom is 0.249 e. The molecule has 0 saturated carbocycles. The van der Waals surface area contributed by atoms with Crippen molar-refractivity contribution in [3.05, 3.63) is 100 Å². The number of rotatable bonds is 5. The molecule has 0 saturated heterocycles. The molecule has 5 aromatic rings. The minimum Gasteiger partial charge on any atom is -0.366 e. The number of amides is 1. The standard InChI is InChI=1S/C27H19Cl2N2O3S/c1-35(33,34)18-6-2-5-16(13-18)15-31-23-10-3-7-20(27(30)32)26(23)19-12-11-17(14-24(19)31)25-21(28)8-4-9-22(25)29/h2-11,13-14H,15H2,1H3,(H2,30,32). The quantitative estimate of drug-likeness (QED) is 0.302. The molecule has 0 aliphatic rings. The number of hydrogen-bond acceptors (Lipinski definition) is 3. The highest BCUT2D eigenvalue weighted by molar-refractivity contribution is 7.90. The summed E-state index contributed by atoms with van der Waals surface area (Å²) in [6, 6.07) is 24.5. The van der Waals surface area contributed by atoms with E-state index >= 15 is 0 Å². The van der Waals surface area contributed by atoms with Gasteiger partial charge in [0.1, 0.15) is 0 Å². The lowest BCUT2D eigenvalue weighted by molar-refractivity contribution is 0.100. The predicted molar refractivity (Wildman–Crippen MR) is 141 cm³/mol. The summed E-state index contributed by atoms with van der Waals surface area (Å²) in [7, 11) is -3.37. The topological polar surface area (TPSA) is 82.2 Å². The number of fused-ring (bicyclic) bond motifs is 3. The number of halogens is 2. The van der Waals surface area contributed by atoms with Gasteiger partial charge in [-0.1, -0.05) is 47.5 Å². The van der Waals surface area contributed by atoms with Crippen LogP contribution < -0.4 is 5.73 Å². The fourth-order valence-electron chi connectivity index (χ4n) is 4.41. The minimum absolute atomic E-state index is 0.240. The maximum atomic E-state index is 12.3. The number of sulfone groups is 1. The third-order valence-corrected chi connectivity index (χ3v) is 7.72. The smallest absolute Gasteiger partial charge is 0.249 e. The van der Waals surface area contributed by atoms with E-state index in [4.69, 9.17) is 28.9 Å². The summed E-state index contributed by atoms with van der Waals surface area (Å²) in [5.74, 6) is -0.541. The van der Waals surface area contributed by atoms with E-state index in [9.17, 15) is 13.2 Å². The Morgan fingerprint density at radius 2 is 1.66 bits per heavy atom. The molecule has 0 aliphatic carbocycles. The zero-order valence-corrected chi connectivity index (χ0v) is 20.9. The maximum absolute atomic E-state index is 12.3. The second-order valence-corrected chi connectivity index (χ2v) is 11.1. The van der Waals surface area contributed by atoms with E-state index in [0.29, 0.717) is 33.1 Å². The molecule has 4 aromatic carbocycles. The number of carbonyl (C=O) groups excluding carboxylic acids is 1. The molecule has 8 heteroatoms. The fourth-order valence-corrected chi connectivity index (χ4v) is 5.71. The Morgan fingerprint density at radius 3 is 2.34 bits per heavy atom. The molecule has 1 aromatic heterocycles. The monoisotopic (exact) mass is 521 g/mol. The van der Waals surface area contributed by atoms with Crippen LogP contribution in [0.5, 0.6) is 0 Å². The SMILES string of the molecule is CS(=O)(=O)c1cccc(Cn2c3cc(-c4c(Cl)cccc4Cl)c[c]c3c3c(C(N)=O)cccc32)c1. The number of aromatic nitrogens is 1. The molecule has 5 nitrogen and oxygen atoms in total. The second-order valence-electron chi connectivity index (χ2n) is 8.31. The van der Waals surface area contributed by atoms with Crippen LogP contribution in [0.15, 0.2) is 77.7 Å². The van der Waals surface area contributed by atoms with Gasteiger partial charge in [0.2, 0.25) is 5.91 Å². The molecule has 0 fully saturated rings. The van der Waals surface area contributed by atoms with Crippen molar-refractivity contribution in [1.82, 2.24) is 4.57 Å². The lowest BCUT2D eigenvalue weighted by atomic mass is 10.0. The average molecular weight is 522 g/mol. The van der Waals surface area contributed by atoms with E-state index in [1.807, 2.05) is 22.8 Å². The molecular formula is C27H19Cl2N2O3S. The first-order valence-corrected chi connectivity index (χ1v) is 13.3. The van der Waals surface area contributed by atoms with Gasteiger partial charge in [-0.25, -0.2) is 8.42 Å². The zero-order valence-electron chi connectivity index (χ0n) is 18.5. The van der Waals surface area contributed by atoms with Crippen LogP contribution in [0.3, 0.4) is 0 Å². The molecule has 35 heavy (non-hydrogen) atoms. The number of hydrogen-bond donors (Lipinski definition) is 1. The average Bonchev–Trinajstić information content (AvgIpc) is 3.11. The van der Waals surface area contributed by atoms with E-state index in [1.54, 1.807) is 54.6 Å². The number of carbonyl (C=O) groups is 1. The van der Waals surface area contributed by atoms with Crippen molar-refractivity contribution in [2.75, 3.05) is 6.26 Å². The van der Waals surface area contributed by atoms with E-state index in [1.165, 1.54) is 6.26 Å². The predicted octanol–water partition coefficient (Wildman–Crippen LogP) is 6.12. The minimum atomic E-state index is -3.37. The summed E-state index contributed by atoms with van der Waals surface area (Å²) < 4.78 is 26.2. The van der Waals surface area contributed by atoms with Crippen molar-refractivity contribution in [1.29, 1.82) is 0 Å². The first-order valence-electron chi connectivity index (χ1n) is 10.6. The van der Waals surface area contributed by atoms with E-state index in [2.05, 4.69) is 6.07 Å². The van der Waals surface area contributed by atoms with E-state index in [0.717, 1.165) is 27.5 Å². The van der Waals surface area contributed by atoms with Gasteiger partial charge in [-0.3, -0.25) is 4.79 Å². The molecule has 0 aliphatic heterocycles. The van der Waals surface area contributed by atoms with Crippen LogP contribution in [0.1, 0.15) is 15.9 Å². The second kappa shape index (κ2) is 8.72. The Labute approximate surface area is 212 Å². The Kier molecular flexibility index (Phi) is 5.83. The molecule has 5 rings (SSSR count). The summed E-state index contributed by atoms with van der Waals surface area (Å²) in [5.41, 5.74) is 9.88. The highest BCUT2D eigenvalue weighted by atomic mass is 35.5. The summed E-state index contributed by atoms with van der Waals surface area (Å²) in [6.07, 6.45) is 1.18. The van der Waals surface area contributed by atoms with Gasteiger partial charge < -0.3 is 10.3 Å². The van der Waals surface area contributed by atoms with Crippen LogP contribution in [-0.2, 0) is 16.4 Å². The summed E-state index contributed by atoms with van der Waals surface area (Å²) in [4.78, 5) is 12.5. The van der Waals surface area contributed by atoms with E-state index in [-0.39, 0.29) is 4.90 Å². The normalized spacial score (nSPS) is 11.9. The van der Waals surface area contributed by atoms with Gasteiger partial charge >= 0.3 is 0 Å². The molecule has 0 atom stereocenters. The molecule has 0 unspecified atom stereocenters. The number of nitrogens with zero attached hydrogens (tertiary/aromatic N) is 1. The van der Waals surface area contributed by atoms with Gasteiger partial charge in [-0.15, -0.1) is 0 Å². The lowest BCUT2D eigenvalue weighted by Gasteiger charge is -2.11. The third-order valence-electron chi connectivity index (χ3n) is 5.98. The van der Waals surface area contributed by atoms with Crippen molar-refractivity contribution in [2.24, 2.45) is 5.73 Å². The summed E-state index contributed by atoms with van der Waals surface area (Å²) in [6.45, 7) is 0.360. The van der Waals surface area contributed by atoms with Crippen LogP contribution in [0, 0.1) is 6.07 Å². The largest absolute Gasteiger partial charge is 0.366 e. The van der Waals surface area contributed by atoms with Gasteiger partial charge in [0.15, 0.2) is 9.84 Å². The summed E-state index contributed by atoms with van der Waals surface area (Å²) in [5, 5.41) is 2.42. The molecule has 1 radical (unpaired) electrons. The van der Waals surface area contributed by atoms with Crippen molar-refractivity contribution in [3.8, 4) is 11.1 Å². The van der Waals surface area contributed by atoms with Crippen LogP contribution in [-0.4, -0.2) is 25.1 Å². The fraction of sp³-hybridized carbons (Fsp3) is 0.0741. The number of primary amides is 1. The zero-order chi connectivity index (χ0) is 24.9. The van der Waals surface area contributed by atoms with Crippen molar-refractivity contribution in [2.45, 2.75) is 11.4 Å². The van der Waals surface area contributed by atoms with Gasteiger partial charge in [-0.05, 0) is 65.7 Å². The molecule has 0 spiro atoms. The van der Waals surface area contributed by atoms with Gasteiger partial charge in [0.25, 0.3) is 0 Å². The Balaban J connectivity index is 1.81. The highest BCUT2D eigenvalue weighted by Crippen LogP contribution is 2.39. The van der Waals surface area contributed by atoms with Crippen LogP contribution >= 0.6 is 23.2 Å². The first kappa shape index (κ1) is 23.4. The Hall–Kier alpha value is -3.32. The molecule has 1 heterocycles. The molecule has 1 amide bonds. The van der Waals surface area contributed by atoms with Crippen molar-refractivity contribution in [3.63, 3.8) is 0 Å². The van der Waals surface area contributed by atoms with Crippen LogP contribution in [0.25, 0.3) is 32.9 Å². The Bertz CT molecular complexity index is 1740. The molecular weight excluding hydrogens is 503 g/mol. The summed E-state index contributed by atoms with van der Waals surface area (Å²) >= 11 is 12.9. The third kappa shape index (κ3) is 4.18. The van der Waals surface area contributed by atoms with Crippen molar-refractivity contribution >= 4 is 60.8 Å². The Morgan fingerprint density at radius 1 is 0.971 bits per heavy atom. The number of benzene rings is 4. The van der Waals surface area contributed by atoms with E-state index < -0.39 is 15.7 Å². The van der Waals surface area contributed by atoms with Gasteiger partial charge in [0, 0.05) is 44.7 Å². The van der Waals surface area contributed by atoms with Crippen molar-refractivity contribution < 1.29 is 13.2 Å². The van der Waals surface area contributed by atoms with Gasteiger partial charge in [0.05, 0.1) is 15.9 Å². The number of nitrogens with two attached hydrogens (primary N) is 1. The highest BCUT2D eigenvalue weighted by Gasteiger charge is 2.19. The molecule has 0 bridgehead atoms. The first-order chi connectivity index (χ1) is 16.6. The molecule has 2 N–H and O–H groups in total. The van der Waals surface area contributed by atoms with Gasteiger partial charge in [-0.2, -0.15) is 0 Å². The molecule has 175 valence electrons. The van der Waals surface area contributed by atoms with Crippen LogP contribution in [0.2, 0.25) is 10.0 Å².